The molecule has 0 aliphatic rings. The van der Waals surface area contributed by atoms with Crippen LogP contribution in [0, 0.1) is 5.53 Å². The van der Waals surface area contributed by atoms with E-state index in [-0.39, 0.29) is 6.04 Å². The fourth-order valence-corrected chi connectivity index (χ4v) is 0.806. The second-order valence-corrected chi connectivity index (χ2v) is 2.22. The van der Waals surface area contributed by atoms with Gasteiger partial charge in [0.2, 0.25) is 0 Å². The molecule has 0 amide bonds. The van der Waals surface area contributed by atoms with Gasteiger partial charge in [-0.1, -0.05) is 30.3 Å². The summed E-state index contributed by atoms with van der Waals surface area (Å²) in [5.41, 5.74) is 7.87. The standard InChI is InChI=1S/C8H10N2/c1-7(10-9)8-5-3-2-4-6-8/h2-7,9H,1H3. The van der Waals surface area contributed by atoms with E-state index in [4.69, 9.17) is 5.53 Å². The van der Waals surface area contributed by atoms with Gasteiger partial charge in [-0.2, -0.15) is 5.11 Å². The first kappa shape index (κ1) is 6.93. The zero-order valence-electron chi connectivity index (χ0n) is 5.91. The van der Waals surface area contributed by atoms with E-state index >= 15 is 0 Å². The number of nitrogens with one attached hydrogen (secondary N) is 1. The molecule has 0 aliphatic carbocycles. The minimum atomic E-state index is 0.00111. The summed E-state index contributed by atoms with van der Waals surface area (Å²) in [6.07, 6.45) is 0. The lowest BCUT2D eigenvalue weighted by Crippen LogP contribution is -1.85. The lowest BCUT2D eigenvalue weighted by atomic mass is 10.1. The molecule has 0 fully saturated rings. The second-order valence-electron chi connectivity index (χ2n) is 2.22. The highest BCUT2D eigenvalue weighted by Gasteiger charge is 1.98. The van der Waals surface area contributed by atoms with Gasteiger partial charge in [0.05, 0.1) is 6.04 Å². The van der Waals surface area contributed by atoms with Crippen LogP contribution in [-0.2, 0) is 0 Å². The molecule has 1 rings (SSSR count). The molecule has 52 valence electrons. The molecule has 0 aromatic heterocycles. The third-order valence-corrected chi connectivity index (χ3v) is 1.48. The van der Waals surface area contributed by atoms with Gasteiger partial charge in [-0.05, 0) is 12.5 Å². The predicted molar refractivity (Wildman–Crippen MR) is 40.0 cm³/mol. The summed E-state index contributed by atoms with van der Waals surface area (Å²) >= 11 is 0. The lowest BCUT2D eigenvalue weighted by Gasteiger charge is -2.01. The van der Waals surface area contributed by atoms with Crippen molar-refractivity contribution >= 4 is 0 Å². The van der Waals surface area contributed by atoms with Crippen molar-refractivity contribution in [3.8, 4) is 0 Å². The number of benzene rings is 1. The van der Waals surface area contributed by atoms with Crippen LogP contribution < -0.4 is 0 Å². The average Bonchev–Trinajstić information content (AvgIpc) is 2.05. The van der Waals surface area contributed by atoms with Crippen molar-refractivity contribution in [3.05, 3.63) is 35.9 Å². The van der Waals surface area contributed by atoms with Gasteiger partial charge in [0.1, 0.15) is 0 Å². The Bertz CT molecular complexity index is 206. The number of hydrogen-bond acceptors (Lipinski definition) is 2. The van der Waals surface area contributed by atoms with Gasteiger partial charge >= 0.3 is 0 Å². The minimum absolute atomic E-state index is 0.00111. The first-order chi connectivity index (χ1) is 4.84. The summed E-state index contributed by atoms with van der Waals surface area (Å²) in [7, 11) is 0. The third-order valence-electron chi connectivity index (χ3n) is 1.48. The third kappa shape index (κ3) is 1.41. The Hall–Kier alpha value is -1.18. The second kappa shape index (κ2) is 3.11. The van der Waals surface area contributed by atoms with Gasteiger partial charge in [-0.15, -0.1) is 0 Å². The van der Waals surface area contributed by atoms with Gasteiger partial charge in [0.15, 0.2) is 0 Å². The van der Waals surface area contributed by atoms with Gasteiger partial charge in [0.25, 0.3) is 0 Å². The number of nitrogens with zero attached hydrogens (tertiary/aromatic N) is 1. The maximum absolute atomic E-state index is 6.77. The summed E-state index contributed by atoms with van der Waals surface area (Å²) < 4.78 is 0. The van der Waals surface area contributed by atoms with Crippen molar-refractivity contribution in [1.82, 2.24) is 0 Å². The Morgan fingerprint density at radius 2 is 1.90 bits per heavy atom. The predicted octanol–water partition coefficient (Wildman–Crippen LogP) is 2.78. The van der Waals surface area contributed by atoms with Crippen molar-refractivity contribution in [3.63, 3.8) is 0 Å². The number of rotatable bonds is 2. The van der Waals surface area contributed by atoms with Gasteiger partial charge in [-0.25, -0.2) is 5.53 Å². The summed E-state index contributed by atoms with van der Waals surface area (Å²) in [6.45, 7) is 1.91. The molecule has 1 aromatic carbocycles. The van der Waals surface area contributed by atoms with E-state index in [0.29, 0.717) is 0 Å². The highest BCUT2D eigenvalue weighted by atomic mass is 15.0. The summed E-state index contributed by atoms with van der Waals surface area (Å²) in [6, 6.07) is 9.82. The molecular formula is C8H10N2. The maximum Gasteiger partial charge on any atom is 0.0927 e. The van der Waals surface area contributed by atoms with Crippen LogP contribution in [-0.4, -0.2) is 0 Å². The largest absolute Gasteiger partial charge is 0.209 e. The fourth-order valence-electron chi connectivity index (χ4n) is 0.806. The molecule has 0 radical (unpaired) electrons. The van der Waals surface area contributed by atoms with Crippen molar-refractivity contribution in [1.29, 1.82) is 5.53 Å². The average molecular weight is 134 g/mol. The summed E-state index contributed by atoms with van der Waals surface area (Å²) in [5.74, 6) is 0. The van der Waals surface area contributed by atoms with Crippen molar-refractivity contribution < 1.29 is 0 Å². The zero-order chi connectivity index (χ0) is 7.40. The maximum atomic E-state index is 6.77. The number of hydrogen-bond donors (Lipinski definition) is 1. The van der Waals surface area contributed by atoms with E-state index in [1.807, 2.05) is 37.3 Å². The fraction of sp³-hybridized carbons (Fsp3) is 0.250. The van der Waals surface area contributed by atoms with E-state index in [2.05, 4.69) is 5.11 Å². The molecule has 2 nitrogen and oxygen atoms in total. The normalized spacial score (nSPS) is 12.5. The van der Waals surface area contributed by atoms with Crippen LogP contribution in [0.4, 0.5) is 0 Å². The van der Waals surface area contributed by atoms with Crippen LogP contribution in [0.1, 0.15) is 18.5 Å². The molecule has 0 saturated carbocycles. The van der Waals surface area contributed by atoms with Crippen LogP contribution in [0.25, 0.3) is 0 Å². The van der Waals surface area contributed by atoms with Crippen molar-refractivity contribution in [2.45, 2.75) is 13.0 Å². The summed E-state index contributed by atoms with van der Waals surface area (Å²) in [5, 5.41) is 3.41. The van der Waals surface area contributed by atoms with Crippen LogP contribution in [0.3, 0.4) is 0 Å². The van der Waals surface area contributed by atoms with Gasteiger partial charge in [-0.3, -0.25) is 0 Å². The van der Waals surface area contributed by atoms with Gasteiger partial charge in [0, 0.05) is 0 Å². The zero-order valence-corrected chi connectivity index (χ0v) is 5.91. The van der Waals surface area contributed by atoms with E-state index in [0.717, 1.165) is 5.56 Å². The molecular weight excluding hydrogens is 124 g/mol. The Morgan fingerprint density at radius 3 is 2.40 bits per heavy atom. The van der Waals surface area contributed by atoms with Crippen molar-refractivity contribution in [2.75, 3.05) is 0 Å². The Morgan fingerprint density at radius 1 is 1.30 bits per heavy atom. The van der Waals surface area contributed by atoms with Crippen LogP contribution >= 0.6 is 0 Å². The molecule has 10 heavy (non-hydrogen) atoms. The Balaban J connectivity index is 2.84. The van der Waals surface area contributed by atoms with E-state index < -0.39 is 0 Å². The first-order valence-corrected chi connectivity index (χ1v) is 3.26. The molecule has 0 spiro atoms. The molecule has 1 unspecified atom stereocenters. The monoisotopic (exact) mass is 134 g/mol. The SMILES string of the molecule is CC(N=N)c1ccccc1. The molecule has 1 aromatic rings. The van der Waals surface area contributed by atoms with Crippen LogP contribution in [0.2, 0.25) is 0 Å². The Kier molecular flexibility index (Phi) is 2.15. The summed E-state index contributed by atoms with van der Waals surface area (Å²) in [4.78, 5) is 0. The quantitative estimate of drug-likeness (QED) is 0.604. The Labute approximate surface area is 60.4 Å². The highest BCUT2D eigenvalue weighted by molar-refractivity contribution is 5.17. The van der Waals surface area contributed by atoms with Crippen LogP contribution in [0.15, 0.2) is 35.4 Å². The van der Waals surface area contributed by atoms with E-state index in [9.17, 15) is 0 Å². The molecule has 2 heteroatoms. The van der Waals surface area contributed by atoms with Gasteiger partial charge < -0.3 is 0 Å². The topological polar surface area (TPSA) is 36.2 Å². The van der Waals surface area contributed by atoms with Crippen molar-refractivity contribution in [2.24, 2.45) is 5.11 Å². The molecule has 1 N–H and O–H groups in total. The minimum Gasteiger partial charge on any atom is -0.209 e. The lowest BCUT2D eigenvalue weighted by molar-refractivity contribution is 0.734. The molecule has 0 saturated heterocycles. The first-order valence-electron chi connectivity index (χ1n) is 3.26. The van der Waals surface area contributed by atoms with Crippen LogP contribution in [0.5, 0.6) is 0 Å². The van der Waals surface area contributed by atoms with E-state index in [1.165, 1.54) is 0 Å². The molecule has 0 aliphatic heterocycles. The molecule has 0 bridgehead atoms. The highest BCUT2D eigenvalue weighted by Crippen LogP contribution is 2.14. The smallest absolute Gasteiger partial charge is 0.0927 e. The molecule has 0 heterocycles. The molecule has 1 atom stereocenters. The van der Waals surface area contributed by atoms with E-state index in [1.54, 1.807) is 0 Å².